The quantitative estimate of drug-likeness (QED) is 0.148. The standard InChI is InChI=1S/C41H34Cl2FN3O6/c1-3-21-4-10-25(11-5-21)46-37(49)28-15-14-27-29(35(28)39(46)51)20-30-38(50)47(45-33-16-9-24(42)19-31(33)43)40(52)41(30,23-7-12-26(53-2)13-8-23)36(27)22-6-17-34(48)32(44)18-22/h4-14,16-19,28-30,35-36,45,48H,3,15,20H2,1-2H3. The Balaban J connectivity index is 1.32. The zero-order valence-electron chi connectivity index (χ0n) is 28.7. The number of fused-ring (bicyclic) bond motifs is 4. The predicted molar refractivity (Wildman–Crippen MR) is 197 cm³/mol. The summed E-state index contributed by atoms with van der Waals surface area (Å²) in [6.07, 6.45) is 2.94. The van der Waals surface area contributed by atoms with E-state index < -0.39 is 58.4 Å². The summed E-state index contributed by atoms with van der Waals surface area (Å²) in [5, 5.41) is 11.7. The van der Waals surface area contributed by atoms with Crippen LogP contribution in [0.4, 0.5) is 15.8 Å². The summed E-state index contributed by atoms with van der Waals surface area (Å²) in [5.74, 6) is -7.11. The van der Waals surface area contributed by atoms with E-state index in [1.54, 1.807) is 48.5 Å². The van der Waals surface area contributed by atoms with Gasteiger partial charge in [0.25, 0.3) is 11.8 Å². The summed E-state index contributed by atoms with van der Waals surface area (Å²) >= 11 is 12.7. The van der Waals surface area contributed by atoms with Crippen LogP contribution in [0, 0.1) is 29.5 Å². The molecule has 8 rings (SSSR count). The van der Waals surface area contributed by atoms with Crippen molar-refractivity contribution in [3.05, 3.63) is 129 Å². The first-order valence-electron chi connectivity index (χ1n) is 17.4. The Morgan fingerprint density at radius 3 is 2.30 bits per heavy atom. The van der Waals surface area contributed by atoms with Crippen molar-refractivity contribution >= 4 is 58.2 Å². The molecule has 6 unspecified atom stereocenters. The lowest BCUT2D eigenvalue weighted by Crippen LogP contribution is -2.53. The third-order valence-corrected chi connectivity index (χ3v) is 12.0. The number of carbonyl (C=O) groups is 4. The summed E-state index contributed by atoms with van der Waals surface area (Å²) in [7, 11) is 1.51. The molecule has 0 aromatic heterocycles. The number of amides is 4. The van der Waals surface area contributed by atoms with Gasteiger partial charge >= 0.3 is 0 Å². The van der Waals surface area contributed by atoms with Crippen LogP contribution in [0.15, 0.2) is 96.6 Å². The minimum absolute atomic E-state index is 0.0504. The normalized spacial score (nSPS) is 26.3. The second-order valence-corrected chi connectivity index (χ2v) is 14.8. The van der Waals surface area contributed by atoms with Crippen molar-refractivity contribution in [1.29, 1.82) is 0 Å². The average molecular weight is 755 g/mol. The van der Waals surface area contributed by atoms with Gasteiger partial charge in [-0.05, 0) is 96.5 Å². The molecule has 4 aromatic rings. The number of nitrogens with zero attached hydrogens (tertiary/aromatic N) is 2. The smallest absolute Gasteiger partial charge is 0.260 e. The highest BCUT2D eigenvalue weighted by molar-refractivity contribution is 6.36. The highest BCUT2D eigenvalue weighted by atomic mass is 35.5. The largest absolute Gasteiger partial charge is 0.505 e. The minimum atomic E-state index is -1.66. The van der Waals surface area contributed by atoms with Crippen LogP contribution in [0.3, 0.4) is 0 Å². The maximum absolute atomic E-state index is 15.4. The van der Waals surface area contributed by atoms with Gasteiger partial charge in [0.05, 0.1) is 46.7 Å². The Morgan fingerprint density at radius 1 is 0.906 bits per heavy atom. The van der Waals surface area contributed by atoms with Gasteiger partial charge in [0, 0.05) is 10.9 Å². The van der Waals surface area contributed by atoms with Gasteiger partial charge in [-0.25, -0.2) is 4.39 Å². The van der Waals surface area contributed by atoms with Gasteiger partial charge in [-0.15, -0.1) is 0 Å². The molecule has 2 aliphatic carbocycles. The lowest BCUT2D eigenvalue weighted by molar-refractivity contribution is -0.138. The third-order valence-electron chi connectivity index (χ3n) is 11.5. The number of hydrogen-bond donors (Lipinski definition) is 2. The van der Waals surface area contributed by atoms with Crippen molar-refractivity contribution in [2.75, 3.05) is 17.4 Å². The summed E-state index contributed by atoms with van der Waals surface area (Å²) in [6.45, 7) is 2.02. The zero-order chi connectivity index (χ0) is 37.3. The van der Waals surface area contributed by atoms with Crippen molar-refractivity contribution in [3.8, 4) is 11.5 Å². The molecule has 0 spiro atoms. The molecule has 53 heavy (non-hydrogen) atoms. The number of benzene rings is 4. The van der Waals surface area contributed by atoms with E-state index in [-0.39, 0.29) is 35.4 Å². The SMILES string of the molecule is CCc1ccc(N2C(=O)C3CC=C4C(CC5C(=O)N(Nc6ccc(Cl)cc6Cl)C(=O)C5(c5ccc(OC)cc5)C4c4ccc(O)c(F)c4)C3C2=O)cc1. The van der Waals surface area contributed by atoms with E-state index in [0.29, 0.717) is 33.2 Å². The predicted octanol–water partition coefficient (Wildman–Crippen LogP) is 7.60. The number of phenols is 1. The van der Waals surface area contributed by atoms with Crippen molar-refractivity contribution in [2.24, 2.45) is 23.7 Å². The lowest BCUT2D eigenvalue weighted by Gasteiger charge is -2.50. The number of aryl methyl sites for hydroxylation is 1. The molecular formula is C41H34Cl2FN3O6. The van der Waals surface area contributed by atoms with Crippen molar-refractivity contribution in [3.63, 3.8) is 0 Å². The van der Waals surface area contributed by atoms with Crippen LogP contribution < -0.4 is 15.1 Å². The Morgan fingerprint density at radius 2 is 1.64 bits per heavy atom. The number of hydrazine groups is 1. The molecule has 2 heterocycles. The first kappa shape index (κ1) is 34.9. The van der Waals surface area contributed by atoms with Crippen molar-refractivity contribution in [1.82, 2.24) is 5.01 Å². The van der Waals surface area contributed by atoms with E-state index in [1.807, 2.05) is 25.1 Å². The number of halogens is 3. The van der Waals surface area contributed by atoms with E-state index in [2.05, 4.69) is 5.43 Å². The minimum Gasteiger partial charge on any atom is -0.505 e. The molecule has 2 saturated heterocycles. The Labute approximate surface area is 314 Å². The molecule has 6 atom stereocenters. The Hall–Kier alpha value is -5.19. The van der Waals surface area contributed by atoms with Gasteiger partial charge < -0.3 is 9.84 Å². The van der Waals surface area contributed by atoms with Crippen molar-refractivity contribution in [2.45, 2.75) is 37.5 Å². The summed E-state index contributed by atoms with van der Waals surface area (Å²) < 4.78 is 20.8. The third kappa shape index (κ3) is 5.25. The highest BCUT2D eigenvalue weighted by Gasteiger charge is 2.70. The Bertz CT molecular complexity index is 2230. The van der Waals surface area contributed by atoms with E-state index in [4.69, 9.17) is 27.9 Å². The number of methoxy groups -OCH3 is 1. The van der Waals surface area contributed by atoms with E-state index in [0.717, 1.165) is 17.0 Å². The number of hydrogen-bond acceptors (Lipinski definition) is 7. The lowest BCUT2D eigenvalue weighted by atomic mass is 9.49. The number of aromatic hydroxyl groups is 1. The number of carbonyl (C=O) groups excluding carboxylic acids is 4. The van der Waals surface area contributed by atoms with Gasteiger partial charge in [-0.3, -0.25) is 29.5 Å². The fourth-order valence-corrected chi connectivity index (χ4v) is 9.51. The maximum Gasteiger partial charge on any atom is 0.260 e. The highest BCUT2D eigenvalue weighted by Crippen LogP contribution is 2.64. The number of phenolic OH excluding ortho intramolecular Hbond substituents is 1. The number of ether oxygens (including phenoxy) is 1. The molecule has 4 amide bonds. The van der Waals surface area contributed by atoms with Crippen LogP contribution in [-0.4, -0.2) is 40.9 Å². The van der Waals surface area contributed by atoms with Gasteiger partial charge in [0.2, 0.25) is 11.8 Å². The summed E-state index contributed by atoms with van der Waals surface area (Å²) in [5.41, 5.74) is 4.52. The van der Waals surface area contributed by atoms with Crippen LogP contribution in [0.25, 0.3) is 0 Å². The van der Waals surface area contributed by atoms with Gasteiger partial charge in [0.15, 0.2) is 11.6 Å². The Kier molecular flexibility index (Phi) is 8.58. The molecule has 270 valence electrons. The fraction of sp³-hybridized carbons (Fsp3) is 0.268. The molecule has 4 aliphatic rings. The van der Waals surface area contributed by atoms with Crippen LogP contribution in [-0.2, 0) is 31.0 Å². The number of rotatable bonds is 7. The number of imide groups is 2. The molecule has 0 radical (unpaired) electrons. The molecule has 12 heteroatoms. The van der Waals surface area contributed by atoms with Gasteiger partial charge in [0.1, 0.15) is 5.75 Å². The first-order valence-corrected chi connectivity index (χ1v) is 18.1. The zero-order valence-corrected chi connectivity index (χ0v) is 30.2. The molecule has 9 nitrogen and oxygen atoms in total. The van der Waals surface area contributed by atoms with Gasteiger partial charge in [-0.2, -0.15) is 5.01 Å². The second kappa shape index (κ2) is 13.0. The number of allylic oxidation sites excluding steroid dienone is 2. The van der Waals surface area contributed by atoms with E-state index >= 15 is 9.18 Å². The van der Waals surface area contributed by atoms with E-state index in [9.17, 15) is 19.5 Å². The van der Waals surface area contributed by atoms with Crippen LogP contribution >= 0.6 is 23.2 Å². The molecule has 4 aromatic carbocycles. The van der Waals surface area contributed by atoms with Gasteiger partial charge in [-0.1, -0.05) is 72.1 Å². The molecule has 2 aliphatic heterocycles. The molecule has 3 fully saturated rings. The first-order chi connectivity index (χ1) is 25.5. The topological polar surface area (TPSA) is 116 Å². The fourth-order valence-electron chi connectivity index (χ4n) is 9.06. The average Bonchev–Trinajstić information content (AvgIpc) is 3.54. The van der Waals surface area contributed by atoms with Crippen LogP contribution in [0.2, 0.25) is 10.0 Å². The number of nitrogens with one attached hydrogen (secondary N) is 1. The molecule has 1 saturated carbocycles. The molecule has 2 N–H and O–H groups in total. The monoisotopic (exact) mass is 753 g/mol. The van der Waals surface area contributed by atoms with Crippen molar-refractivity contribution < 1.29 is 33.4 Å². The maximum atomic E-state index is 15.4. The summed E-state index contributed by atoms with van der Waals surface area (Å²) in [4.78, 5) is 59.9. The summed E-state index contributed by atoms with van der Waals surface area (Å²) in [6, 6.07) is 22.7. The van der Waals surface area contributed by atoms with Crippen LogP contribution in [0.5, 0.6) is 11.5 Å². The van der Waals surface area contributed by atoms with E-state index in [1.165, 1.54) is 36.3 Å². The molecular weight excluding hydrogens is 720 g/mol. The molecule has 0 bridgehead atoms. The van der Waals surface area contributed by atoms with Crippen LogP contribution in [0.1, 0.15) is 42.4 Å². The number of anilines is 2. The second-order valence-electron chi connectivity index (χ2n) is 14.0.